The number of alkyl halides is 2. The molecule has 3 rings (SSSR count). The van der Waals surface area contributed by atoms with Crippen molar-refractivity contribution in [2.75, 3.05) is 23.3 Å². The summed E-state index contributed by atoms with van der Waals surface area (Å²) in [6, 6.07) is 7.96. The van der Waals surface area contributed by atoms with Crippen LogP contribution in [-0.4, -0.2) is 38.8 Å². The van der Waals surface area contributed by atoms with Crippen LogP contribution in [0.15, 0.2) is 30.3 Å². The van der Waals surface area contributed by atoms with Crippen LogP contribution in [0.4, 0.5) is 20.3 Å². The third kappa shape index (κ3) is 4.09. The van der Waals surface area contributed by atoms with Crippen LogP contribution in [0.25, 0.3) is 5.65 Å². The van der Waals surface area contributed by atoms with Gasteiger partial charge in [0.1, 0.15) is 5.82 Å². The maximum atomic E-state index is 13.0. The van der Waals surface area contributed by atoms with Gasteiger partial charge in [0.25, 0.3) is 6.43 Å². The summed E-state index contributed by atoms with van der Waals surface area (Å²) in [5, 5.41) is 14.5. The third-order valence-corrected chi connectivity index (χ3v) is 4.37. The van der Waals surface area contributed by atoms with E-state index in [2.05, 4.69) is 20.6 Å². The first-order chi connectivity index (χ1) is 12.9. The van der Waals surface area contributed by atoms with Crippen LogP contribution in [0, 0.1) is 0 Å². The summed E-state index contributed by atoms with van der Waals surface area (Å²) in [7, 11) is 0. The number of hydrogen-bond donors (Lipinski definition) is 1. The molecule has 7 nitrogen and oxygen atoms in total. The molecular formula is C16H14Cl2F2N6O. The standard InChI is InChI=1S/C16H14Cl2F2N6O/c1-2-25(8-13(27)21-14-9(17)4-3-5-10(14)18)12-7-6-11-22-23-16(15(19)20)26(11)24-12/h3-7,15H,2,8H2,1H3,(H,21,27). The van der Waals surface area contributed by atoms with Crippen LogP contribution in [-0.2, 0) is 4.79 Å². The third-order valence-electron chi connectivity index (χ3n) is 3.74. The fourth-order valence-electron chi connectivity index (χ4n) is 2.42. The lowest BCUT2D eigenvalue weighted by Crippen LogP contribution is -2.34. The molecule has 1 N–H and O–H groups in total. The maximum absolute atomic E-state index is 13.0. The van der Waals surface area contributed by atoms with Gasteiger partial charge in [-0.1, -0.05) is 29.3 Å². The van der Waals surface area contributed by atoms with Gasteiger partial charge in [0.2, 0.25) is 11.7 Å². The monoisotopic (exact) mass is 414 g/mol. The van der Waals surface area contributed by atoms with Gasteiger partial charge in [-0.15, -0.1) is 15.3 Å². The second-order valence-corrected chi connectivity index (χ2v) is 6.29. The maximum Gasteiger partial charge on any atom is 0.299 e. The molecule has 1 aromatic carbocycles. The molecular weight excluding hydrogens is 401 g/mol. The van der Waals surface area contributed by atoms with Crippen LogP contribution in [0.1, 0.15) is 19.2 Å². The summed E-state index contributed by atoms with van der Waals surface area (Å²) in [6.45, 7) is 2.14. The fraction of sp³-hybridized carbons (Fsp3) is 0.250. The largest absolute Gasteiger partial charge is 0.346 e. The Morgan fingerprint density at radius 2 is 1.93 bits per heavy atom. The zero-order valence-corrected chi connectivity index (χ0v) is 15.5. The highest BCUT2D eigenvalue weighted by Crippen LogP contribution is 2.29. The Morgan fingerprint density at radius 1 is 1.22 bits per heavy atom. The molecule has 142 valence electrons. The first-order valence-corrected chi connectivity index (χ1v) is 8.65. The molecule has 0 atom stereocenters. The van der Waals surface area contributed by atoms with Crippen LogP contribution in [0.5, 0.6) is 0 Å². The van der Waals surface area contributed by atoms with Crippen molar-refractivity contribution in [1.29, 1.82) is 0 Å². The van der Waals surface area contributed by atoms with E-state index < -0.39 is 12.2 Å². The van der Waals surface area contributed by atoms with Gasteiger partial charge < -0.3 is 10.2 Å². The zero-order valence-electron chi connectivity index (χ0n) is 14.0. The highest BCUT2D eigenvalue weighted by Gasteiger charge is 2.19. The second-order valence-electron chi connectivity index (χ2n) is 5.48. The number of carbonyl (C=O) groups excluding carboxylic acids is 1. The zero-order chi connectivity index (χ0) is 19.6. The van der Waals surface area contributed by atoms with Crippen molar-refractivity contribution in [3.8, 4) is 0 Å². The first-order valence-electron chi connectivity index (χ1n) is 7.90. The molecule has 0 radical (unpaired) electrons. The fourth-order valence-corrected chi connectivity index (χ4v) is 2.92. The van der Waals surface area contributed by atoms with Crippen molar-refractivity contribution < 1.29 is 13.6 Å². The summed E-state index contributed by atoms with van der Waals surface area (Å²) in [4.78, 5) is 14.0. The lowest BCUT2D eigenvalue weighted by molar-refractivity contribution is -0.115. The number of anilines is 2. The number of nitrogens with zero attached hydrogens (tertiary/aromatic N) is 5. The summed E-state index contributed by atoms with van der Waals surface area (Å²) in [5.74, 6) is -0.617. The normalized spacial score (nSPS) is 11.2. The van der Waals surface area contributed by atoms with Crippen molar-refractivity contribution in [3.05, 3.63) is 46.2 Å². The molecule has 0 saturated heterocycles. The van der Waals surface area contributed by atoms with E-state index in [9.17, 15) is 13.6 Å². The van der Waals surface area contributed by atoms with E-state index in [4.69, 9.17) is 23.2 Å². The van der Waals surface area contributed by atoms with E-state index in [0.29, 0.717) is 28.1 Å². The molecule has 0 aliphatic rings. The summed E-state index contributed by atoms with van der Waals surface area (Å²) >= 11 is 12.1. The molecule has 27 heavy (non-hydrogen) atoms. The average Bonchev–Trinajstić information content (AvgIpc) is 3.06. The number of rotatable bonds is 6. The molecule has 0 fully saturated rings. The number of nitrogens with one attached hydrogen (secondary N) is 1. The van der Waals surface area contributed by atoms with Crippen LogP contribution < -0.4 is 10.2 Å². The molecule has 2 heterocycles. The van der Waals surface area contributed by atoms with Crippen molar-refractivity contribution in [1.82, 2.24) is 19.8 Å². The molecule has 0 aliphatic carbocycles. The highest BCUT2D eigenvalue weighted by molar-refractivity contribution is 6.39. The molecule has 2 aromatic heterocycles. The van der Waals surface area contributed by atoms with Gasteiger partial charge in [-0.2, -0.15) is 4.52 Å². The molecule has 3 aromatic rings. The minimum atomic E-state index is -2.82. The number of carbonyl (C=O) groups is 1. The van der Waals surface area contributed by atoms with Gasteiger partial charge in [0.15, 0.2) is 5.65 Å². The number of fused-ring (bicyclic) bond motifs is 1. The van der Waals surface area contributed by atoms with Crippen molar-refractivity contribution in [3.63, 3.8) is 0 Å². The molecule has 1 amide bonds. The Bertz CT molecular complexity index is 960. The number of amides is 1. The molecule has 0 saturated carbocycles. The topological polar surface area (TPSA) is 75.4 Å². The minimum Gasteiger partial charge on any atom is -0.346 e. The predicted molar refractivity (Wildman–Crippen MR) is 98.7 cm³/mol. The Morgan fingerprint density at radius 3 is 2.56 bits per heavy atom. The highest BCUT2D eigenvalue weighted by atomic mass is 35.5. The Kier molecular flexibility index (Phi) is 5.71. The number of likely N-dealkylation sites (N-methyl/N-ethyl adjacent to an activating group) is 1. The number of halogens is 4. The van der Waals surface area contributed by atoms with E-state index in [1.165, 1.54) is 6.07 Å². The number of aromatic nitrogens is 4. The van der Waals surface area contributed by atoms with E-state index in [-0.39, 0.29) is 18.1 Å². The van der Waals surface area contributed by atoms with Crippen molar-refractivity contribution >= 4 is 46.3 Å². The summed E-state index contributed by atoms with van der Waals surface area (Å²) in [6.07, 6.45) is -2.82. The van der Waals surface area contributed by atoms with Gasteiger partial charge in [-0.05, 0) is 31.2 Å². The Balaban J connectivity index is 1.81. The SMILES string of the molecule is CCN(CC(=O)Nc1c(Cl)cccc1Cl)c1ccc2nnc(C(F)F)n2n1. The van der Waals surface area contributed by atoms with Gasteiger partial charge in [0, 0.05) is 6.54 Å². The quantitative estimate of drug-likeness (QED) is 0.663. The molecule has 0 spiro atoms. The van der Waals surface area contributed by atoms with E-state index >= 15 is 0 Å². The van der Waals surface area contributed by atoms with E-state index in [1.54, 1.807) is 29.2 Å². The van der Waals surface area contributed by atoms with Crippen LogP contribution in [0.2, 0.25) is 10.0 Å². The first kappa shape index (κ1) is 19.2. The van der Waals surface area contributed by atoms with Crippen molar-refractivity contribution in [2.45, 2.75) is 13.3 Å². The van der Waals surface area contributed by atoms with E-state index in [1.807, 2.05) is 6.92 Å². The van der Waals surface area contributed by atoms with Gasteiger partial charge >= 0.3 is 0 Å². The minimum absolute atomic E-state index is 0.0807. The van der Waals surface area contributed by atoms with Gasteiger partial charge in [0.05, 0.1) is 22.3 Å². The molecule has 0 bridgehead atoms. The number of benzene rings is 1. The van der Waals surface area contributed by atoms with Crippen molar-refractivity contribution in [2.24, 2.45) is 0 Å². The van der Waals surface area contributed by atoms with Crippen LogP contribution in [0.3, 0.4) is 0 Å². The predicted octanol–water partition coefficient (Wildman–Crippen LogP) is 3.83. The summed E-state index contributed by atoms with van der Waals surface area (Å²) in [5.41, 5.74) is 0.501. The molecule has 0 aliphatic heterocycles. The molecule has 0 unspecified atom stereocenters. The average molecular weight is 415 g/mol. The lowest BCUT2D eigenvalue weighted by Gasteiger charge is -2.21. The van der Waals surface area contributed by atoms with E-state index in [0.717, 1.165) is 4.52 Å². The lowest BCUT2D eigenvalue weighted by atomic mass is 10.3. The van der Waals surface area contributed by atoms with Gasteiger partial charge in [-0.3, -0.25) is 4.79 Å². The van der Waals surface area contributed by atoms with Crippen LogP contribution >= 0.6 is 23.2 Å². The summed E-state index contributed by atoms with van der Waals surface area (Å²) < 4.78 is 27.0. The Labute approximate surface area is 162 Å². The second kappa shape index (κ2) is 8.01. The number of hydrogen-bond acceptors (Lipinski definition) is 5. The smallest absolute Gasteiger partial charge is 0.299 e. The number of para-hydroxylation sites is 1. The Hall–Kier alpha value is -2.52. The molecule has 11 heteroatoms. The van der Waals surface area contributed by atoms with Gasteiger partial charge in [-0.25, -0.2) is 8.78 Å².